The maximum atomic E-state index is 12.1. The normalized spacial score (nSPS) is 11.3. The number of aromatic nitrogens is 4. The number of aryl methyl sites for hydroxylation is 3. The van der Waals surface area contributed by atoms with Gasteiger partial charge in [-0.1, -0.05) is 29.5 Å². The number of non-ortho nitro benzene ring substituents is 1. The van der Waals surface area contributed by atoms with Gasteiger partial charge in [0.2, 0.25) is 0 Å². The van der Waals surface area contributed by atoms with E-state index in [1.165, 1.54) is 40.1 Å². The Labute approximate surface area is 175 Å². The molecule has 0 aliphatic rings. The minimum atomic E-state index is -0.519. The lowest BCUT2D eigenvalue weighted by Gasteiger charge is -2.10. The average Bonchev–Trinajstić information content (AvgIpc) is 3.28. The Bertz CT molecular complexity index is 1290. The summed E-state index contributed by atoms with van der Waals surface area (Å²) >= 11 is 1.54. The summed E-state index contributed by atoms with van der Waals surface area (Å²) in [6.07, 6.45) is 2.34. The van der Waals surface area contributed by atoms with Gasteiger partial charge in [0.05, 0.1) is 16.1 Å². The Hall–Kier alpha value is -3.40. The highest BCUT2D eigenvalue weighted by molar-refractivity contribution is 7.99. The van der Waals surface area contributed by atoms with Crippen molar-refractivity contribution in [1.29, 1.82) is 0 Å². The average molecular weight is 425 g/mol. The van der Waals surface area contributed by atoms with E-state index in [0.717, 1.165) is 16.4 Å². The fourth-order valence-electron chi connectivity index (χ4n) is 3.33. The van der Waals surface area contributed by atoms with Gasteiger partial charge < -0.3 is 4.42 Å². The van der Waals surface area contributed by atoms with Crippen molar-refractivity contribution in [3.8, 4) is 5.69 Å². The largest absolute Gasteiger partial charge is 0.419 e. The van der Waals surface area contributed by atoms with Crippen LogP contribution in [0, 0.1) is 24.0 Å². The lowest BCUT2D eigenvalue weighted by molar-refractivity contribution is -0.384. The highest BCUT2D eigenvalue weighted by Gasteiger charge is 2.15. The minimum Gasteiger partial charge on any atom is -0.408 e. The van der Waals surface area contributed by atoms with Crippen molar-refractivity contribution in [2.24, 2.45) is 0 Å². The Kier molecular flexibility index (Phi) is 5.40. The summed E-state index contributed by atoms with van der Waals surface area (Å²) in [6, 6.07) is 10.3. The molecule has 2 aromatic heterocycles. The smallest absolute Gasteiger partial charge is 0.408 e. The standard InChI is InChI=1S/C20H19N5O4S/c1-13-4-6-16(14(2)10-13)24-12-21-22-19(24)30-9-3-8-23-17-11-15(25(27)28)5-7-18(17)29-20(23)26/h4-7,10-12H,3,8-9H2,1-2H3. The van der Waals surface area contributed by atoms with Crippen LogP contribution in [0.2, 0.25) is 0 Å². The highest BCUT2D eigenvalue weighted by atomic mass is 32.2. The van der Waals surface area contributed by atoms with Crippen molar-refractivity contribution in [3.63, 3.8) is 0 Å². The van der Waals surface area contributed by atoms with Crippen molar-refractivity contribution in [2.75, 3.05) is 5.75 Å². The molecule has 4 aromatic rings. The predicted octanol–water partition coefficient (Wildman–Crippen LogP) is 3.88. The van der Waals surface area contributed by atoms with Gasteiger partial charge in [-0.15, -0.1) is 10.2 Å². The van der Waals surface area contributed by atoms with Crippen LogP contribution in [0.5, 0.6) is 0 Å². The number of hydrogen-bond donors (Lipinski definition) is 0. The number of nitro benzene ring substituents is 1. The Balaban J connectivity index is 1.46. The van der Waals surface area contributed by atoms with Crippen LogP contribution in [0.1, 0.15) is 17.5 Å². The lowest BCUT2D eigenvalue weighted by Crippen LogP contribution is -2.14. The number of nitro groups is 1. The number of nitrogens with zero attached hydrogens (tertiary/aromatic N) is 5. The topological polar surface area (TPSA) is 109 Å². The Morgan fingerprint density at radius 3 is 2.80 bits per heavy atom. The molecule has 0 N–H and O–H groups in total. The molecule has 0 saturated carbocycles. The molecule has 0 spiro atoms. The number of fused-ring (bicyclic) bond motifs is 1. The van der Waals surface area contributed by atoms with Crippen molar-refractivity contribution in [3.05, 3.63) is 74.5 Å². The van der Waals surface area contributed by atoms with Crippen LogP contribution < -0.4 is 5.76 Å². The maximum Gasteiger partial charge on any atom is 0.419 e. The van der Waals surface area contributed by atoms with Gasteiger partial charge in [-0.2, -0.15) is 0 Å². The third kappa shape index (κ3) is 3.86. The van der Waals surface area contributed by atoms with Gasteiger partial charge in [-0.05, 0) is 38.0 Å². The number of thioether (sulfide) groups is 1. The molecule has 2 aromatic carbocycles. The van der Waals surface area contributed by atoms with E-state index in [4.69, 9.17) is 4.42 Å². The van der Waals surface area contributed by atoms with Gasteiger partial charge in [0, 0.05) is 24.4 Å². The summed E-state index contributed by atoms with van der Waals surface area (Å²) in [4.78, 5) is 22.7. The first-order valence-electron chi connectivity index (χ1n) is 9.32. The predicted molar refractivity (Wildman–Crippen MR) is 113 cm³/mol. The molecule has 0 bridgehead atoms. The maximum absolute atomic E-state index is 12.1. The van der Waals surface area contributed by atoms with Crippen molar-refractivity contribution < 1.29 is 9.34 Å². The first kappa shape index (κ1) is 19.9. The molecule has 2 heterocycles. The van der Waals surface area contributed by atoms with Crippen LogP contribution in [0.15, 0.2) is 57.1 Å². The molecular weight excluding hydrogens is 406 g/mol. The first-order valence-corrected chi connectivity index (χ1v) is 10.3. The van der Waals surface area contributed by atoms with E-state index in [1.807, 2.05) is 23.6 Å². The third-order valence-corrected chi connectivity index (χ3v) is 5.78. The molecule has 9 nitrogen and oxygen atoms in total. The quantitative estimate of drug-likeness (QED) is 0.191. The van der Waals surface area contributed by atoms with Gasteiger partial charge in [-0.25, -0.2) is 4.79 Å². The zero-order valence-electron chi connectivity index (χ0n) is 16.4. The summed E-state index contributed by atoms with van der Waals surface area (Å²) in [5.74, 6) is 0.173. The monoisotopic (exact) mass is 425 g/mol. The molecule has 0 atom stereocenters. The van der Waals surface area contributed by atoms with E-state index in [9.17, 15) is 14.9 Å². The minimum absolute atomic E-state index is 0.0759. The van der Waals surface area contributed by atoms with Crippen LogP contribution >= 0.6 is 11.8 Å². The molecule has 30 heavy (non-hydrogen) atoms. The van der Waals surface area contributed by atoms with Gasteiger partial charge >= 0.3 is 5.76 Å². The van der Waals surface area contributed by atoms with E-state index in [2.05, 4.69) is 23.2 Å². The lowest BCUT2D eigenvalue weighted by atomic mass is 10.1. The third-order valence-electron chi connectivity index (χ3n) is 4.75. The first-order chi connectivity index (χ1) is 14.4. The van der Waals surface area contributed by atoms with Gasteiger partial charge in [0.25, 0.3) is 5.69 Å². The van der Waals surface area contributed by atoms with E-state index >= 15 is 0 Å². The summed E-state index contributed by atoms with van der Waals surface area (Å²) in [5.41, 5.74) is 4.04. The second-order valence-corrected chi connectivity index (χ2v) is 7.97. The molecule has 0 unspecified atom stereocenters. The van der Waals surface area contributed by atoms with Crippen molar-refractivity contribution >= 4 is 28.5 Å². The number of rotatable bonds is 7. The van der Waals surface area contributed by atoms with Crippen LogP contribution in [0.3, 0.4) is 0 Å². The summed E-state index contributed by atoms with van der Waals surface area (Å²) in [7, 11) is 0. The number of oxazole rings is 1. The van der Waals surface area contributed by atoms with Crippen LogP contribution in [-0.2, 0) is 6.54 Å². The molecule has 0 fully saturated rings. The molecule has 0 amide bonds. The van der Waals surface area contributed by atoms with E-state index < -0.39 is 10.7 Å². The van der Waals surface area contributed by atoms with Crippen LogP contribution in [-0.4, -0.2) is 30.0 Å². The molecule has 0 aliphatic heterocycles. The molecule has 10 heteroatoms. The second-order valence-electron chi connectivity index (χ2n) is 6.90. The van der Waals surface area contributed by atoms with Crippen molar-refractivity contribution in [2.45, 2.75) is 32.0 Å². The second kappa shape index (κ2) is 8.15. The van der Waals surface area contributed by atoms with Crippen LogP contribution in [0.4, 0.5) is 5.69 Å². The van der Waals surface area contributed by atoms with E-state index in [-0.39, 0.29) is 5.69 Å². The summed E-state index contributed by atoms with van der Waals surface area (Å²) < 4.78 is 8.56. The van der Waals surface area contributed by atoms with Crippen molar-refractivity contribution in [1.82, 2.24) is 19.3 Å². The number of benzene rings is 2. The van der Waals surface area contributed by atoms with Gasteiger partial charge in [0.1, 0.15) is 6.33 Å². The highest BCUT2D eigenvalue weighted by Crippen LogP contribution is 2.24. The molecule has 0 radical (unpaired) electrons. The van der Waals surface area contributed by atoms with Crippen LogP contribution in [0.25, 0.3) is 16.8 Å². The summed E-state index contributed by atoms with van der Waals surface area (Å²) in [5, 5.41) is 20.0. The Morgan fingerprint density at radius 2 is 2.03 bits per heavy atom. The van der Waals surface area contributed by atoms with E-state index in [0.29, 0.717) is 29.8 Å². The number of hydrogen-bond acceptors (Lipinski definition) is 7. The van der Waals surface area contributed by atoms with Gasteiger partial charge in [-0.3, -0.25) is 19.2 Å². The zero-order chi connectivity index (χ0) is 21.3. The Morgan fingerprint density at radius 1 is 1.20 bits per heavy atom. The van der Waals surface area contributed by atoms with E-state index in [1.54, 1.807) is 6.33 Å². The summed E-state index contributed by atoms with van der Waals surface area (Å²) in [6.45, 7) is 4.48. The SMILES string of the molecule is Cc1ccc(-n2cnnc2SCCCn2c(=O)oc3ccc([N+](=O)[O-])cc32)c(C)c1. The molecular formula is C20H19N5O4S. The molecule has 0 aliphatic carbocycles. The fourth-order valence-corrected chi connectivity index (χ4v) is 4.17. The van der Waals surface area contributed by atoms with Gasteiger partial charge in [0.15, 0.2) is 10.7 Å². The zero-order valence-corrected chi connectivity index (χ0v) is 17.3. The molecule has 0 saturated heterocycles. The fraction of sp³-hybridized carbons (Fsp3) is 0.250. The molecule has 4 rings (SSSR count). The molecule has 154 valence electrons.